The molecule has 0 atom stereocenters. The molecule has 0 saturated carbocycles. The van der Waals surface area contributed by atoms with Gasteiger partial charge in [-0.3, -0.25) is 4.98 Å². The van der Waals surface area contributed by atoms with Crippen molar-refractivity contribution in [2.45, 2.75) is 5.33 Å². The molecular formula is C10H7BrClN. The van der Waals surface area contributed by atoms with Gasteiger partial charge < -0.3 is 0 Å². The van der Waals surface area contributed by atoms with Crippen LogP contribution in [0.3, 0.4) is 0 Å². The molecule has 0 radical (unpaired) electrons. The number of hydrogen-bond acceptors (Lipinski definition) is 1. The smallest absolute Gasteiger partial charge is 0.0720 e. The van der Waals surface area contributed by atoms with Crippen LogP contribution in [-0.4, -0.2) is 4.98 Å². The SMILES string of the molecule is Clc1cc(CBr)nc2ccccc12. The molecule has 1 heterocycles. The molecule has 0 saturated heterocycles. The van der Waals surface area contributed by atoms with Crippen molar-refractivity contribution in [3.05, 3.63) is 41.0 Å². The molecule has 0 bridgehead atoms. The lowest BCUT2D eigenvalue weighted by Crippen LogP contribution is -1.86. The van der Waals surface area contributed by atoms with Gasteiger partial charge in [-0.15, -0.1) is 0 Å². The number of pyridine rings is 1. The summed E-state index contributed by atoms with van der Waals surface area (Å²) in [4.78, 5) is 4.42. The third kappa shape index (κ3) is 1.69. The largest absolute Gasteiger partial charge is 0.252 e. The standard InChI is InChI=1S/C10H7BrClN/c11-6-7-5-9(12)8-3-1-2-4-10(8)13-7/h1-5H,6H2. The molecule has 0 aliphatic rings. The fraction of sp³-hybridized carbons (Fsp3) is 0.100. The first-order chi connectivity index (χ1) is 6.31. The summed E-state index contributed by atoms with van der Waals surface area (Å²) in [5.41, 5.74) is 1.91. The quantitative estimate of drug-likeness (QED) is 0.708. The molecule has 1 nitrogen and oxygen atoms in total. The molecule has 1 aromatic heterocycles. The number of para-hydroxylation sites is 1. The minimum absolute atomic E-state index is 0.734. The van der Waals surface area contributed by atoms with E-state index in [1.165, 1.54) is 0 Å². The Morgan fingerprint density at radius 2 is 2.08 bits per heavy atom. The summed E-state index contributed by atoms with van der Waals surface area (Å²) in [6, 6.07) is 9.75. The molecule has 13 heavy (non-hydrogen) atoms. The minimum atomic E-state index is 0.734. The Balaban J connectivity index is 2.77. The molecule has 1 aromatic carbocycles. The van der Waals surface area contributed by atoms with Crippen LogP contribution in [0.4, 0.5) is 0 Å². The van der Waals surface area contributed by atoms with E-state index >= 15 is 0 Å². The Kier molecular flexibility index (Phi) is 2.51. The monoisotopic (exact) mass is 255 g/mol. The first kappa shape index (κ1) is 8.97. The van der Waals surface area contributed by atoms with E-state index in [0.717, 1.165) is 26.9 Å². The normalized spacial score (nSPS) is 10.6. The number of benzene rings is 1. The van der Waals surface area contributed by atoms with E-state index in [2.05, 4.69) is 20.9 Å². The second-order valence-corrected chi connectivity index (χ2v) is 3.71. The van der Waals surface area contributed by atoms with Gasteiger partial charge in [0.05, 0.1) is 16.2 Å². The first-order valence-corrected chi connectivity index (χ1v) is 5.41. The maximum Gasteiger partial charge on any atom is 0.0720 e. The van der Waals surface area contributed by atoms with Crippen LogP contribution in [0.15, 0.2) is 30.3 Å². The van der Waals surface area contributed by atoms with Crippen LogP contribution in [0, 0.1) is 0 Å². The van der Waals surface area contributed by atoms with Crippen LogP contribution in [-0.2, 0) is 5.33 Å². The lowest BCUT2D eigenvalue weighted by Gasteiger charge is -2.01. The van der Waals surface area contributed by atoms with Crippen molar-refractivity contribution in [2.75, 3.05) is 0 Å². The molecule has 0 aliphatic heterocycles. The van der Waals surface area contributed by atoms with Crippen molar-refractivity contribution in [1.82, 2.24) is 4.98 Å². The number of rotatable bonds is 1. The third-order valence-electron chi connectivity index (χ3n) is 1.86. The summed E-state index contributed by atoms with van der Waals surface area (Å²) in [5, 5.41) is 2.51. The fourth-order valence-corrected chi connectivity index (χ4v) is 1.83. The molecule has 0 fully saturated rings. The van der Waals surface area contributed by atoms with E-state index in [1.54, 1.807) is 0 Å². The van der Waals surface area contributed by atoms with Gasteiger partial charge in [-0.1, -0.05) is 45.7 Å². The number of hydrogen-bond donors (Lipinski definition) is 0. The van der Waals surface area contributed by atoms with Gasteiger partial charge in [0.15, 0.2) is 0 Å². The zero-order valence-corrected chi connectivity index (χ0v) is 9.14. The van der Waals surface area contributed by atoms with Gasteiger partial charge in [-0.25, -0.2) is 0 Å². The Morgan fingerprint density at radius 3 is 2.85 bits per heavy atom. The second kappa shape index (κ2) is 3.64. The molecule has 66 valence electrons. The number of alkyl halides is 1. The third-order valence-corrected chi connectivity index (χ3v) is 2.74. The van der Waals surface area contributed by atoms with Gasteiger partial charge in [-0.05, 0) is 12.1 Å². The van der Waals surface area contributed by atoms with Gasteiger partial charge in [0.2, 0.25) is 0 Å². The Labute approximate surface area is 89.9 Å². The molecule has 0 unspecified atom stereocenters. The fourth-order valence-electron chi connectivity index (χ4n) is 1.25. The van der Waals surface area contributed by atoms with Crippen molar-refractivity contribution in [1.29, 1.82) is 0 Å². The number of fused-ring (bicyclic) bond motifs is 1. The van der Waals surface area contributed by atoms with E-state index in [0.29, 0.717) is 0 Å². The average Bonchev–Trinajstić information content (AvgIpc) is 2.18. The number of halogens is 2. The Hall–Kier alpha value is -0.600. The zero-order chi connectivity index (χ0) is 9.26. The van der Waals surface area contributed by atoms with Crippen molar-refractivity contribution >= 4 is 38.4 Å². The van der Waals surface area contributed by atoms with Gasteiger partial charge in [-0.2, -0.15) is 0 Å². The van der Waals surface area contributed by atoms with E-state index < -0.39 is 0 Å². The van der Waals surface area contributed by atoms with Gasteiger partial charge in [0, 0.05) is 10.7 Å². The molecule has 0 spiro atoms. The van der Waals surface area contributed by atoms with Gasteiger partial charge >= 0.3 is 0 Å². The van der Waals surface area contributed by atoms with E-state index in [-0.39, 0.29) is 0 Å². The summed E-state index contributed by atoms with van der Waals surface area (Å²) in [6.07, 6.45) is 0. The van der Waals surface area contributed by atoms with Crippen molar-refractivity contribution < 1.29 is 0 Å². The molecule has 0 aliphatic carbocycles. The summed E-state index contributed by atoms with van der Waals surface area (Å²) in [5.74, 6) is 0. The van der Waals surface area contributed by atoms with Crippen LogP contribution >= 0.6 is 27.5 Å². The molecule has 0 N–H and O–H groups in total. The highest BCUT2D eigenvalue weighted by Gasteiger charge is 2.01. The maximum atomic E-state index is 6.08. The molecule has 2 aromatic rings. The van der Waals surface area contributed by atoms with Crippen molar-refractivity contribution in [3.63, 3.8) is 0 Å². The topological polar surface area (TPSA) is 12.9 Å². The first-order valence-electron chi connectivity index (χ1n) is 3.91. The van der Waals surface area contributed by atoms with Gasteiger partial charge in [0.1, 0.15) is 0 Å². The Bertz CT molecular complexity index is 442. The lowest BCUT2D eigenvalue weighted by atomic mass is 10.2. The van der Waals surface area contributed by atoms with Crippen LogP contribution in [0.2, 0.25) is 5.02 Å². The maximum absolute atomic E-state index is 6.08. The van der Waals surface area contributed by atoms with Crippen LogP contribution in [0.25, 0.3) is 10.9 Å². The lowest BCUT2D eigenvalue weighted by molar-refractivity contribution is 1.24. The summed E-state index contributed by atoms with van der Waals surface area (Å²) >= 11 is 9.44. The minimum Gasteiger partial charge on any atom is -0.252 e. The van der Waals surface area contributed by atoms with Crippen LogP contribution in [0.5, 0.6) is 0 Å². The van der Waals surface area contributed by atoms with Crippen LogP contribution in [0.1, 0.15) is 5.69 Å². The van der Waals surface area contributed by atoms with E-state index in [1.807, 2.05) is 30.3 Å². The Morgan fingerprint density at radius 1 is 1.31 bits per heavy atom. The molecular weight excluding hydrogens is 249 g/mol. The predicted molar refractivity (Wildman–Crippen MR) is 59.4 cm³/mol. The summed E-state index contributed by atoms with van der Waals surface area (Å²) in [7, 11) is 0. The zero-order valence-electron chi connectivity index (χ0n) is 6.80. The van der Waals surface area contributed by atoms with E-state index in [9.17, 15) is 0 Å². The average molecular weight is 257 g/mol. The molecule has 0 amide bonds. The summed E-state index contributed by atoms with van der Waals surface area (Å²) < 4.78 is 0. The second-order valence-electron chi connectivity index (χ2n) is 2.75. The van der Waals surface area contributed by atoms with Crippen molar-refractivity contribution in [3.8, 4) is 0 Å². The summed E-state index contributed by atoms with van der Waals surface area (Å²) in [6.45, 7) is 0. The van der Waals surface area contributed by atoms with Gasteiger partial charge in [0.25, 0.3) is 0 Å². The van der Waals surface area contributed by atoms with Crippen LogP contribution < -0.4 is 0 Å². The van der Waals surface area contributed by atoms with E-state index in [4.69, 9.17) is 11.6 Å². The van der Waals surface area contributed by atoms with Crippen molar-refractivity contribution in [2.24, 2.45) is 0 Å². The molecule has 2 rings (SSSR count). The highest BCUT2D eigenvalue weighted by molar-refractivity contribution is 9.08. The number of nitrogens with zero attached hydrogens (tertiary/aromatic N) is 1. The highest BCUT2D eigenvalue weighted by atomic mass is 79.9. The highest BCUT2D eigenvalue weighted by Crippen LogP contribution is 2.23. The molecule has 3 heteroatoms. The predicted octanol–water partition coefficient (Wildman–Crippen LogP) is 3.78. The number of aromatic nitrogens is 1.